The van der Waals surface area contributed by atoms with Gasteiger partial charge in [-0.15, -0.1) is 0 Å². The number of hydrogen-bond acceptors (Lipinski definition) is 5. The third kappa shape index (κ3) is 3.12. The molecule has 1 aromatic heterocycles. The molecule has 0 radical (unpaired) electrons. The average molecular weight is 287 g/mol. The fraction of sp³-hybridized carbons (Fsp3) is 0.333. The quantitative estimate of drug-likeness (QED) is 0.768. The Morgan fingerprint density at radius 3 is 2.81 bits per heavy atom. The fourth-order valence-corrected chi connectivity index (χ4v) is 2.40. The molecule has 6 heteroatoms. The molecule has 1 saturated heterocycles. The zero-order chi connectivity index (χ0) is 14.7. The van der Waals surface area contributed by atoms with Gasteiger partial charge in [-0.2, -0.15) is 0 Å². The van der Waals surface area contributed by atoms with Gasteiger partial charge in [-0.3, -0.25) is 4.79 Å². The highest BCUT2D eigenvalue weighted by Crippen LogP contribution is 2.18. The van der Waals surface area contributed by atoms with Gasteiger partial charge in [0.25, 0.3) is 5.91 Å². The number of rotatable bonds is 4. The second-order valence-corrected chi connectivity index (χ2v) is 5.14. The Labute approximate surface area is 122 Å². The van der Waals surface area contributed by atoms with E-state index >= 15 is 0 Å². The van der Waals surface area contributed by atoms with Crippen LogP contribution >= 0.6 is 0 Å². The maximum absolute atomic E-state index is 12.1. The summed E-state index contributed by atoms with van der Waals surface area (Å²) in [5.74, 6) is 0.600. The van der Waals surface area contributed by atoms with E-state index in [4.69, 9.17) is 4.42 Å². The second kappa shape index (κ2) is 6.07. The molecule has 21 heavy (non-hydrogen) atoms. The molecule has 1 aliphatic rings. The smallest absolute Gasteiger partial charge is 0.251 e. The minimum absolute atomic E-state index is 0.0717. The number of aliphatic hydroxyl groups is 1. The van der Waals surface area contributed by atoms with Crippen LogP contribution in [0.4, 0.5) is 0 Å². The first kappa shape index (κ1) is 13.8. The Kier molecular flexibility index (Phi) is 3.98. The summed E-state index contributed by atoms with van der Waals surface area (Å²) < 4.78 is 5.20. The first-order valence-corrected chi connectivity index (χ1v) is 6.90. The Bertz CT molecular complexity index is 595. The molecule has 3 rings (SSSR count). The topological polar surface area (TPSA) is 87.4 Å². The summed E-state index contributed by atoms with van der Waals surface area (Å²) in [7, 11) is 0. The summed E-state index contributed by atoms with van der Waals surface area (Å²) in [6, 6.07) is 7.13. The Balaban J connectivity index is 1.60. The van der Waals surface area contributed by atoms with Crippen molar-refractivity contribution < 1.29 is 14.3 Å². The third-order valence-corrected chi connectivity index (χ3v) is 3.69. The van der Waals surface area contributed by atoms with Crippen molar-refractivity contribution in [2.75, 3.05) is 19.6 Å². The maximum Gasteiger partial charge on any atom is 0.251 e. The van der Waals surface area contributed by atoms with E-state index in [0.29, 0.717) is 24.4 Å². The van der Waals surface area contributed by atoms with E-state index in [1.54, 1.807) is 18.3 Å². The monoisotopic (exact) mass is 287 g/mol. The summed E-state index contributed by atoms with van der Waals surface area (Å²) >= 11 is 0. The van der Waals surface area contributed by atoms with Crippen LogP contribution in [0, 0.1) is 5.92 Å². The average Bonchev–Trinajstić information content (AvgIpc) is 3.17. The van der Waals surface area contributed by atoms with E-state index in [2.05, 4.69) is 15.6 Å². The molecular weight excluding hydrogens is 270 g/mol. The van der Waals surface area contributed by atoms with Crippen molar-refractivity contribution in [2.24, 2.45) is 5.92 Å². The van der Waals surface area contributed by atoms with Crippen LogP contribution < -0.4 is 10.6 Å². The van der Waals surface area contributed by atoms with E-state index in [-0.39, 0.29) is 17.9 Å². The highest BCUT2D eigenvalue weighted by molar-refractivity contribution is 5.94. The lowest BCUT2D eigenvalue weighted by Gasteiger charge is -2.14. The molecule has 0 saturated carbocycles. The lowest BCUT2D eigenvalue weighted by molar-refractivity contribution is 0.0927. The molecule has 110 valence electrons. The minimum Gasteiger partial charge on any atom is -0.444 e. The van der Waals surface area contributed by atoms with E-state index in [1.165, 1.54) is 6.39 Å². The van der Waals surface area contributed by atoms with E-state index in [9.17, 15) is 9.90 Å². The first-order valence-electron chi connectivity index (χ1n) is 6.90. The highest BCUT2D eigenvalue weighted by atomic mass is 16.3. The van der Waals surface area contributed by atoms with Gasteiger partial charge in [0.15, 0.2) is 12.2 Å². The molecule has 1 aromatic carbocycles. The van der Waals surface area contributed by atoms with Crippen molar-refractivity contribution in [1.82, 2.24) is 15.6 Å². The molecule has 3 N–H and O–H groups in total. The zero-order valence-electron chi connectivity index (χ0n) is 11.5. The van der Waals surface area contributed by atoms with Crippen LogP contribution in [0.1, 0.15) is 10.4 Å². The van der Waals surface area contributed by atoms with Crippen LogP contribution in [-0.2, 0) is 0 Å². The number of aliphatic hydroxyl groups excluding tert-OH is 1. The number of aromatic nitrogens is 1. The Morgan fingerprint density at radius 1 is 1.38 bits per heavy atom. The van der Waals surface area contributed by atoms with E-state index < -0.39 is 0 Å². The molecular formula is C15H17N3O3. The zero-order valence-corrected chi connectivity index (χ0v) is 11.5. The molecule has 0 bridgehead atoms. The van der Waals surface area contributed by atoms with Crippen molar-refractivity contribution in [3.63, 3.8) is 0 Å². The largest absolute Gasteiger partial charge is 0.444 e. The number of β-amino-alcohol motifs (C(OH)–C–C–N with tert-alkyl or cyclic N) is 1. The van der Waals surface area contributed by atoms with Gasteiger partial charge in [0.1, 0.15) is 0 Å². The van der Waals surface area contributed by atoms with Crippen molar-refractivity contribution in [3.05, 3.63) is 42.4 Å². The van der Waals surface area contributed by atoms with Gasteiger partial charge >= 0.3 is 0 Å². The predicted molar refractivity (Wildman–Crippen MR) is 76.6 cm³/mol. The molecule has 6 nitrogen and oxygen atoms in total. The van der Waals surface area contributed by atoms with Gasteiger partial charge in [0, 0.05) is 36.7 Å². The number of hydrogen-bond donors (Lipinski definition) is 3. The number of carbonyl (C=O) groups excluding carboxylic acids is 1. The van der Waals surface area contributed by atoms with Gasteiger partial charge in [0.05, 0.1) is 12.3 Å². The van der Waals surface area contributed by atoms with Gasteiger partial charge < -0.3 is 20.2 Å². The molecule has 2 unspecified atom stereocenters. The normalized spacial score (nSPS) is 21.4. The number of carbonyl (C=O) groups is 1. The predicted octanol–water partition coefficient (Wildman–Crippen LogP) is 0.652. The van der Waals surface area contributed by atoms with Crippen molar-refractivity contribution in [2.45, 2.75) is 6.10 Å². The summed E-state index contributed by atoms with van der Waals surface area (Å²) in [4.78, 5) is 15.9. The lowest BCUT2D eigenvalue weighted by Crippen LogP contribution is -2.34. The van der Waals surface area contributed by atoms with Crippen LogP contribution in [0.25, 0.3) is 11.3 Å². The number of benzene rings is 1. The number of nitrogens with zero attached hydrogens (tertiary/aromatic N) is 1. The highest BCUT2D eigenvalue weighted by Gasteiger charge is 2.25. The second-order valence-electron chi connectivity index (χ2n) is 5.14. The molecule has 1 fully saturated rings. The molecule has 2 atom stereocenters. The van der Waals surface area contributed by atoms with Crippen LogP contribution in [-0.4, -0.2) is 41.7 Å². The number of oxazole rings is 1. The summed E-state index contributed by atoms with van der Waals surface area (Å²) in [6.07, 6.45) is 2.61. The van der Waals surface area contributed by atoms with Crippen molar-refractivity contribution in [1.29, 1.82) is 0 Å². The van der Waals surface area contributed by atoms with Gasteiger partial charge in [0.2, 0.25) is 0 Å². The van der Waals surface area contributed by atoms with Crippen LogP contribution in [0.15, 0.2) is 41.3 Å². The van der Waals surface area contributed by atoms with Gasteiger partial charge in [-0.05, 0) is 12.1 Å². The Hall–Kier alpha value is -2.18. The molecule has 1 amide bonds. The maximum atomic E-state index is 12.1. The SMILES string of the molecule is O=C(NCC1CNCC1O)c1ccc(-c2cnco2)cc1. The van der Waals surface area contributed by atoms with Crippen molar-refractivity contribution >= 4 is 5.91 Å². The number of nitrogens with one attached hydrogen (secondary N) is 2. The van der Waals surface area contributed by atoms with E-state index in [1.807, 2.05) is 12.1 Å². The lowest BCUT2D eigenvalue weighted by atomic mass is 10.1. The number of amides is 1. The van der Waals surface area contributed by atoms with Gasteiger partial charge in [-0.25, -0.2) is 4.98 Å². The van der Waals surface area contributed by atoms with Crippen molar-refractivity contribution in [3.8, 4) is 11.3 Å². The standard InChI is InChI=1S/C15H17N3O3/c19-13-7-16-5-12(13)6-18-15(20)11-3-1-10(2-4-11)14-8-17-9-21-14/h1-4,8-9,12-13,16,19H,5-7H2,(H,18,20). The molecule has 0 aliphatic carbocycles. The summed E-state index contributed by atoms with van der Waals surface area (Å²) in [6.45, 7) is 1.79. The van der Waals surface area contributed by atoms with Gasteiger partial charge in [-0.1, -0.05) is 12.1 Å². The van der Waals surface area contributed by atoms with Crippen LogP contribution in [0.3, 0.4) is 0 Å². The van der Waals surface area contributed by atoms with E-state index in [0.717, 1.165) is 12.1 Å². The first-order chi connectivity index (χ1) is 10.2. The molecule has 2 heterocycles. The van der Waals surface area contributed by atoms with Crippen LogP contribution in [0.5, 0.6) is 0 Å². The minimum atomic E-state index is -0.390. The molecule has 2 aromatic rings. The molecule has 0 spiro atoms. The molecule has 1 aliphatic heterocycles. The fourth-order valence-electron chi connectivity index (χ4n) is 2.40. The third-order valence-electron chi connectivity index (χ3n) is 3.69. The summed E-state index contributed by atoms with van der Waals surface area (Å²) in [5.41, 5.74) is 1.46. The van der Waals surface area contributed by atoms with Crippen LogP contribution in [0.2, 0.25) is 0 Å². The Morgan fingerprint density at radius 2 is 2.19 bits per heavy atom. The summed E-state index contributed by atoms with van der Waals surface area (Å²) in [5, 5.41) is 15.6.